The first-order valence-corrected chi connectivity index (χ1v) is 14.1. The summed E-state index contributed by atoms with van der Waals surface area (Å²) >= 11 is 1.24. The van der Waals surface area contributed by atoms with E-state index in [1.165, 1.54) is 55.9 Å². The van der Waals surface area contributed by atoms with Crippen molar-refractivity contribution in [2.45, 2.75) is 89.3 Å². The molecule has 188 valence electrons. The Kier molecular flexibility index (Phi) is 6.58. The number of carbonyl (C=O) groups is 1. The SMILES string of the molecule is C[C@H](NC(=O)CSc1nnc(Cc2ccc(C(C)(C)C)cc2)c(=O)[nH]1)C12CC3CC(CC(C3)C1)C2. The summed E-state index contributed by atoms with van der Waals surface area (Å²) < 4.78 is 0. The third-order valence-electron chi connectivity index (χ3n) is 8.66. The summed E-state index contributed by atoms with van der Waals surface area (Å²) in [6.07, 6.45) is 8.45. The zero-order valence-electron chi connectivity index (χ0n) is 21.4. The van der Waals surface area contributed by atoms with E-state index in [-0.39, 0.29) is 34.1 Å². The molecule has 1 amide bonds. The molecular weight excluding hydrogens is 456 g/mol. The summed E-state index contributed by atoms with van der Waals surface area (Å²) in [5.41, 5.74) is 2.80. The minimum absolute atomic E-state index is 0.00362. The highest BCUT2D eigenvalue weighted by Crippen LogP contribution is 2.61. The van der Waals surface area contributed by atoms with E-state index in [0.29, 0.717) is 17.3 Å². The summed E-state index contributed by atoms with van der Waals surface area (Å²) in [7, 11) is 0. The zero-order chi connectivity index (χ0) is 24.8. The van der Waals surface area contributed by atoms with Gasteiger partial charge in [-0.25, -0.2) is 0 Å². The highest BCUT2D eigenvalue weighted by atomic mass is 32.2. The molecule has 7 heteroatoms. The standard InChI is InChI=1S/C28H38N4O2S/c1-17(28-13-19-9-20(14-28)11-21(10-19)15-28)29-24(33)16-35-26-30-25(34)23(31-32-26)12-18-5-7-22(8-6-18)27(2,3)4/h5-8,17,19-21H,9-16H2,1-4H3,(H,29,33)(H,30,32,34)/t17-,19?,20?,21?,28?/m0/s1. The average molecular weight is 495 g/mol. The fourth-order valence-electron chi connectivity index (χ4n) is 7.12. The van der Waals surface area contributed by atoms with Gasteiger partial charge in [-0.2, -0.15) is 0 Å². The van der Waals surface area contributed by atoms with Crippen LogP contribution in [-0.4, -0.2) is 32.9 Å². The largest absolute Gasteiger partial charge is 0.352 e. The van der Waals surface area contributed by atoms with Crippen LogP contribution in [0.3, 0.4) is 0 Å². The lowest BCUT2D eigenvalue weighted by molar-refractivity contribution is -0.123. The lowest BCUT2D eigenvalue weighted by Gasteiger charge is -2.59. The van der Waals surface area contributed by atoms with E-state index in [4.69, 9.17) is 0 Å². The van der Waals surface area contributed by atoms with Crippen molar-refractivity contribution in [3.05, 3.63) is 51.4 Å². The Labute approximate surface area is 212 Å². The lowest BCUT2D eigenvalue weighted by Crippen LogP contribution is -2.56. The van der Waals surface area contributed by atoms with Crippen molar-refractivity contribution in [3.8, 4) is 0 Å². The van der Waals surface area contributed by atoms with Crippen LogP contribution in [0.5, 0.6) is 0 Å². The van der Waals surface area contributed by atoms with Gasteiger partial charge in [0.05, 0.1) is 5.75 Å². The number of aromatic nitrogens is 3. The molecule has 0 unspecified atom stereocenters. The van der Waals surface area contributed by atoms with Crippen molar-refractivity contribution >= 4 is 17.7 Å². The number of benzene rings is 1. The minimum atomic E-state index is -0.246. The summed E-state index contributed by atoms with van der Waals surface area (Å²) in [5, 5.41) is 12.0. The summed E-state index contributed by atoms with van der Waals surface area (Å²) in [6, 6.07) is 8.48. The summed E-state index contributed by atoms with van der Waals surface area (Å²) in [6.45, 7) is 8.73. The van der Waals surface area contributed by atoms with Crippen molar-refractivity contribution in [2.75, 3.05) is 5.75 Å². The van der Waals surface area contributed by atoms with E-state index in [1.54, 1.807) is 0 Å². The van der Waals surface area contributed by atoms with Crippen LogP contribution in [0.2, 0.25) is 0 Å². The molecule has 4 bridgehead atoms. The number of nitrogens with one attached hydrogen (secondary N) is 2. The van der Waals surface area contributed by atoms with Gasteiger partial charge in [-0.1, -0.05) is 56.8 Å². The van der Waals surface area contributed by atoms with Gasteiger partial charge in [0.15, 0.2) is 5.16 Å². The van der Waals surface area contributed by atoms with Crippen molar-refractivity contribution in [3.63, 3.8) is 0 Å². The van der Waals surface area contributed by atoms with Gasteiger partial charge >= 0.3 is 0 Å². The van der Waals surface area contributed by atoms with Gasteiger partial charge in [0.2, 0.25) is 5.91 Å². The Bertz CT molecular complexity index is 1100. The maximum absolute atomic E-state index is 12.7. The third kappa shape index (κ3) is 5.35. The van der Waals surface area contributed by atoms with E-state index < -0.39 is 0 Å². The molecule has 0 aliphatic heterocycles. The maximum Gasteiger partial charge on any atom is 0.273 e. The van der Waals surface area contributed by atoms with Crippen molar-refractivity contribution in [2.24, 2.45) is 23.2 Å². The highest BCUT2D eigenvalue weighted by molar-refractivity contribution is 7.99. The number of hydrogen-bond acceptors (Lipinski definition) is 5. The monoisotopic (exact) mass is 494 g/mol. The number of carbonyl (C=O) groups excluding carboxylic acids is 1. The van der Waals surface area contributed by atoms with E-state index in [9.17, 15) is 9.59 Å². The zero-order valence-corrected chi connectivity index (χ0v) is 22.2. The molecule has 1 aromatic heterocycles. The van der Waals surface area contributed by atoms with Crippen molar-refractivity contribution in [1.82, 2.24) is 20.5 Å². The molecule has 35 heavy (non-hydrogen) atoms. The van der Waals surface area contributed by atoms with Crippen LogP contribution in [0.1, 0.15) is 83.0 Å². The molecule has 6 rings (SSSR count). The van der Waals surface area contributed by atoms with Gasteiger partial charge < -0.3 is 5.32 Å². The molecule has 4 fully saturated rings. The predicted octanol–water partition coefficient (Wildman–Crippen LogP) is 4.87. The predicted molar refractivity (Wildman–Crippen MR) is 140 cm³/mol. The second-order valence-electron chi connectivity index (χ2n) is 12.4. The maximum atomic E-state index is 12.7. The van der Waals surface area contributed by atoms with Crippen LogP contribution in [-0.2, 0) is 16.6 Å². The molecule has 0 spiro atoms. The first-order chi connectivity index (χ1) is 16.6. The van der Waals surface area contributed by atoms with Crippen molar-refractivity contribution < 1.29 is 4.79 Å². The fraction of sp³-hybridized carbons (Fsp3) is 0.643. The van der Waals surface area contributed by atoms with Gasteiger partial charge in [-0.15, -0.1) is 10.2 Å². The molecule has 2 N–H and O–H groups in total. The number of hydrogen-bond donors (Lipinski definition) is 2. The van der Waals surface area contributed by atoms with Crippen molar-refractivity contribution in [1.29, 1.82) is 0 Å². The number of nitrogens with zero attached hydrogens (tertiary/aromatic N) is 2. The smallest absolute Gasteiger partial charge is 0.273 e. The Hall–Kier alpha value is -2.15. The van der Waals surface area contributed by atoms with E-state index in [2.05, 4.69) is 60.3 Å². The molecule has 0 radical (unpaired) electrons. The highest BCUT2D eigenvalue weighted by Gasteiger charge is 2.53. The third-order valence-corrected chi connectivity index (χ3v) is 9.52. The van der Waals surface area contributed by atoms with Crippen LogP contribution in [0.25, 0.3) is 0 Å². The topological polar surface area (TPSA) is 87.7 Å². The molecule has 4 aliphatic carbocycles. The van der Waals surface area contributed by atoms with Gasteiger partial charge in [0, 0.05) is 12.5 Å². The average Bonchev–Trinajstić information content (AvgIpc) is 2.78. The van der Waals surface area contributed by atoms with E-state index in [0.717, 1.165) is 23.3 Å². The van der Waals surface area contributed by atoms with E-state index in [1.807, 2.05) is 12.1 Å². The number of thioether (sulfide) groups is 1. The first kappa shape index (κ1) is 24.5. The Morgan fingerprint density at radius 2 is 1.69 bits per heavy atom. The van der Waals surface area contributed by atoms with Gasteiger partial charge in [-0.05, 0) is 85.2 Å². The van der Waals surface area contributed by atoms with Gasteiger partial charge in [-0.3, -0.25) is 14.6 Å². The van der Waals surface area contributed by atoms with Crippen LogP contribution in [0.4, 0.5) is 0 Å². The molecule has 1 atom stereocenters. The quantitative estimate of drug-likeness (QED) is 0.537. The molecule has 0 saturated heterocycles. The molecule has 1 heterocycles. The van der Waals surface area contributed by atoms with Crippen LogP contribution >= 0.6 is 11.8 Å². The summed E-state index contributed by atoms with van der Waals surface area (Å²) in [5.74, 6) is 2.83. The molecule has 4 aliphatic rings. The number of aromatic amines is 1. The van der Waals surface area contributed by atoms with Crippen LogP contribution in [0, 0.1) is 23.2 Å². The number of rotatable bonds is 7. The first-order valence-electron chi connectivity index (χ1n) is 13.1. The van der Waals surface area contributed by atoms with Crippen LogP contribution in [0.15, 0.2) is 34.2 Å². The second-order valence-corrected chi connectivity index (χ2v) is 13.4. The van der Waals surface area contributed by atoms with Gasteiger partial charge in [0.25, 0.3) is 5.56 Å². The fourth-order valence-corrected chi connectivity index (χ4v) is 7.73. The normalized spacial score (nSPS) is 28.2. The molecule has 6 nitrogen and oxygen atoms in total. The number of amides is 1. The van der Waals surface area contributed by atoms with Crippen LogP contribution < -0.4 is 10.9 Å². The lowest BCUT2D eigenvalue weighted by atomic mass is 9.48. The molecular formula is C28H38N4O2S. The van der Waals surface area contributed by atoms with E-state index >= 15 is 0 Å². The Balaban J connectivity index is 1.14. The second kappa shape index (κ2) is 9.38. The number of H-pyrrole nitrogens is 1. The Morgan fingerprint density at radius 1 is 1.09 bits per heavy atom. The summed E-state index contributed by atoms with van der Waals surface area (Å²) in [4.78, 5) is 28.1. The Morgan fingerprint density at radius 3 is 2.23 bits per heavy atom. The molecule has 4 saturated carbocycles. The molecule has 2 aromatic rings. The molecule has 1 aromatic carbocycles. The minimum Gasteiger partial charge on any atom is -0.352 e. The van der Waals surface area contributed by atoms with Gasteiger partial charge in [0.1, 0.15) is 5.69 Å².